The molecule has 0 spiro atoms. The zero-order valence-corrected chi connectivity index (χ0v) is 10.8. The molecule has 0 N–H and O–H groups in total. The van der Waals surface area contributed by atoms with Crippen LogP contribution in [0.1, 0.15) is 12.5 Å². The van der Waals surface area contributed by atoms with Crippen molar-refractivity contribution in [2.45, 2.75) is 13.3 Å². The molecule has 0 heterocycles. The Bertz CT molecular complexity index is 517. The second-order valence-corrected chi connectivity index (χ2v) is 4.04. The quantitative estimate of drug-likeness (QED) is 0.608. The van der Waals surface area contributed by atoms with Crippen LogP contribution in [0, 0.1) is 0 Å². The molecule has 19 heavy (non-hydrogen) atoms. The molecule has 2 aromatic rings. The molecule has 3 nitrogen and oxygen atoms in total. The smallest absolute Gasteiger partial charge is 0.315 e. The monoisotopic (exact) mass is 256 g/mol. The van der Waals surface area contributed by atoms with Gasteiger partial charge in [0.1, 0.15) is 11.5 Å². The molecule has 0 fully saturated rings. The van der Waals surface area contributed by atoms with Crippen LogP contribution in [-0.2, 0) is 11.2 Å². The van der Waals surface area contributed by atoms with Crippen molar-refractivity contribution in [1.82, 2.24) is 0 Å². The topological polar surface area (TPSA) is 35.5 Å². The standard InChI is InChI=1S/C16H16O3/c1-2-18-14-8-10-15(11-9-14)19-16(17)12-13-6-4-3-5-7-13/h3-11H,2,12H2,1H3. The van der Waals surface area contributed by atoms with Crippen LogP contribution in [0.15, 0.2) is 54.6 Å². The first kappa shape index (κ1) is 13.1. The van der Waals surface area contributed by atoms with E-state index in [1.54, 1.807) is 24.3 Å². The van der Waals surface area contributed by atoms with E-state index in [0.29, 0.717) is 12.4 Å². The molecular weight excluding hydrogens is 240 g/mol. The van der Waals surface area contributed by atoms with E-state index in [-0.39, 0.29) is 12.4 Å². The molecule has 0 saturated carbocycles. The van der Waals surface area contributed by atoms with Crippen LogP contribution in [0.2, 0.25) is 0 Å². The fourth-order valence-corrected chi connectivity index (χ4v) is 1.70. The Kier molecular flexibility index (Phi) is 4.56. The Morgan fingerprint density at radius 1 is 0.947 bits per heavy atom. The Labute approximate surface area is 112 Å². The SMILES string of the molecule is CCOc1ccc(OC(=O)Cc2ccccc2)cc1. The minimum absolute atomic E-state index is 0.268. The van der Waals surface area contributed by atoms with Gasteiger partial charge in [0.2, 0.25) is 0 Å². The van der Waals surface area contributed by atoms with Gasteiger partial charge in [0.25, 0.3) is 0 Å². The van der Waals surface area contributed by atoms with Crippen LogP contribution in [0.3, 0.4) is 0 Å². The predicted molar refractivity (Wildman–Crippen MR) is 73.4 cm³/mol. The van der Waals surface area contributed by atoms with Gasteiger partial charge < -0.3 is 9.47 Å². The summed E-state index contributed by atoms with van der Waals surface area (Å²) in [5.41, 5.74) is 0.943. The second kappa shape index (κ2) is 6.59. The number of rotatable bonds is 5. The van der Waals surface area contributed by atoms with E-state index in [1.807, 2.05) is 37.3 Å². The van der Waals surface area contributed by atoms with Gasteiger partial charge >= 0.3 is 5.97 Å². The number of hydrogen-bond donors (Lipinski definition) is 0. The molecule has 2 aromatic carbocycles. The molecule has 0 saturated heterocycles. The van der Waals surface area contributed by atoms with Gasteiger partial charge in [-0.1, -0.05) is 30.3 Å². The van der Waals surface area contributed by atoms with Gasteiger partial charge in [0.15, 0.2) is 0 Å². The van der Waals surface area contributed by atoms with Gasteiger partial charge in [-0.05, 0) is 36.8 Å². The molecule has 0 radical (unpaired) electrons. The van der Waals surface area contributed by atoms with Crippen LogP contribution in [0.4, 0.5) is 0 Å². The molecule has 3 heteroatoms. The average molecular weight is 256 g/mol. The molecular formula is C16H16O3. The maximum atomic E-state index is 11.7. The van der Waals surface area contributed by atoms with Crippen LogP contribution in [-0.4, -0.2) is 12.6 Å². The molecule has 0 unspecified atom stereocenters. The summed E-state index contributed by atoms with van der Waals surface area (Å²) < 4.78 is 10.6. The molecule has 0 aliphatic carbocycles. The van der Waals surface area contributed by atoms with Crippen molar-refractivity contribution in [3.05, 3.63) is 60.2 Å². The van der Waals surface area contributed by atoms with Crippen LogP contribution >= 0.6 is 0 Å². The van der Waals surface area contributed by atoms with E-state index in [4.69, 9.17) is 9.47 Å². The van der Waals surface area contributed by atoms with Gasteiger partial charge in [-0.3, -0.25) is 4.79 Å². The lowest BCUT2D eigenvalue weighted by atomic mass is 10.2. The van der Waals surface area contributed by atoms with Gasteiger partial charge in [-0.15, -0.1) is 0 Å². The molecule has 0 atom stereocenters. The number of ether oxygens (including phenoxy) is 2. The van der Waals surface area contributed by atoms with E-state index in [2.05, 4.69) is 0 Å². The van der Waals surface area contributed by atoms with Crippen LogP contribution in [0.25, 0.3) is 0 Å². The number of esters is 1. The van der Waals surface area contributed by atoms with E-state index in [0.717, 1.165) is 11.3 Å². The Hall–Kier alpha value is -2.29. The normalized spacial score (nSPS) is 9.95. The summed E-state index contributed by atoms with van der Waals surface area (Å²) in [6, 6.07) is 16.6. The van der Waals surface area contributed by atoms with Gasteiger partial charge in [0, 0.05) is 0 Å². The fraction of sp³-hybridized carbons (Fsp3) is 0.188. The summed E-state index contributed by atoms with van der Waals surface area (Å²) in [5.74, 6) is 1.03. The molecule has 0 amide bonds. The van der Waals surface area contributed by atoms with Crippen molar-refractivity contribution in [2.75, 3.05) is 6.61 Å². The lowest BCUT2D eigenvalue weighted by molar-refractivity contribution is -0.133. The van der Waals surface area contributed by atoms with Crippen molar-refractivity contribution < 1.29 is 14.3 Å². The van der Waals surface area contributed by atoms with Crippen LogP contribution < -0.4 is 9.47 Å². The predicted octanol–water partition coefficient (Wildman–Crippen LogP) is 3.23. The largest absolute Gasteiger partial charge is 0.494 e. The molecule has 0 bridgehead atoms. The molecule has 98 valence electrons. The lowest BCUT2D eigenvalue weighted by Gasteiger charge is -2.06. The van der Waals surface area contributed by atoms with E-state index in [9.17, 15) is 4.79 Å². The van der Waals surface area contributed by atoms with Gasteiger partial charge in [-0.25, -0.2) is 0 Å². The first-order valence-corrected chi connectivity index (χ1v) is 6.25. The third-order valence-corrected chi connectivity index (χ3v) is 2.56. The van der Waals surface area contributed by atoms with Gasteiger partial charge in [-0.2, -0.15) is 0 Å². The summed E-state index contributed by atoms with van der Waals surface area (Å²) in [7, 11) is 0. The van der Waals surface area contributed by atoms with Gasteiger partial charge in [0.05, 0.1) is 13.0 Å². The summed E-state index contributed by atoms with van der Waals surface area (Å²) in [6.45, 7) is 2.54. The first-order chi connectivity index (χ1) is 9.28. The highest BCUT2D eigenvalue weighted by Crippen LogP contribution is 2.18. The zero-order chi connectivity index (χ0) is 13.5. The lowest BCUT2D eigenvalue weighted by Crippen LogP contribution is -2.11. The molecule has 2 rings (SSSR count). The van der Waals surface area contributed by atoms with Crippen molar-refractivity contribution in [3.8, 4) is 11.5 Å². The zero-order valence-electron chi connectivity index (χ0n) is 10.8. The minimum atomic E-state index is -0.268. The number of carbonyl (C=O) groups excluding carboxylic acids is 1. The maximum absolute atomic E-state index is 11.7. The molecule has 0 aliphatic heterocycles. The first-order valence-electron chi connectivity index (χ1n) is 6.25. The molecule has 0 aromatic heterocycles. The highest BCUT2D eigenvalue weighted by molar-refractivity contribution is 5.75. The van der Waals surface area contributed by atoms with Crippen molar-refractivity contribution in [2.24, 2.45) is 0 Å². The summed E-state index contributed by atoms with van der Waals surface area (Å²) in [5, 5.41) is 0. The average Bonchev–Trinajstić information content (AvgIpc) is 2.42. The van der Waals surface area contributed by atoms with E-state index < -0.39 is 0 Å². The van der Waals surface area contributed by atoms with Crippen molar-refractivity contribution in [3.63, 3.8) is 0 Å². The third-order valence-electron chi connectivity index (χ3n) is 2.56. The second-order valence-electron chi connectivity index (χ2n) is 4.04. The Morgan fingerprint density at radius 3 is 2.21 bits per heavy atom. The number of hydrogen-bond acceptors (Lipinski definition) is 3. The summed E-state index contributed by atoms with van der Waals surface area (Å²) in [4.78, 5) is 11.7. The van der Waals surface area contributed by atoms with Crippen molar-refractivity contribution >= 4 is 5.97 Å². The molecule has 0 aliphatic rings. The van der Waals surface area contributed by atoms with E-state index in [1.165, 1.54) is 0 Å². The highest BCUT2D eigenvalue weighted by atomic mass is 16.5. The number of carbonyl (C=O) groups is 1. The Balaban J connectivity index is 1.91. The van der Waals surface area contributed by atoms with Crippen molar-refractivity contribution in [1.29, 1.82) is 0 Å². The maximum Gasteiger partial charge on any atom is 0.315 e. The minimum Gasteiger partial charge on any atom is -0.494 e. The fourth-order valence-electron chi connectivity index (χ4n) is 1.70. The summed E-state index contributed by atoms with van der Waals surface area (Å²) in [6.07, 6.45) is 0.272. The highest BCUT2D eigenvalue weighted by Gasteiger charge is 2.06. The number of benzene rings is 2. The summed E-state index contributed by atoms with van der Waals surface area (Å²) >= 11 is 0. The van der Waals surface area contributed by atoms with E-state index >= 15 is 0 Å². The Morgan fingerprint density at radius 2 is 1.58 bits per heavy atom. The van der Waals surface area contributed by atoms with Crippen LogP contribution in [0.5, 0.6) is 11.5 Å². The third kappa shape index (κ3) is 4.14.